The summed E-state index contributed by atoms with van der Waals surface area (Å²) in [5, 5.41) is 20.7. The minimum Gasteiger partial charge on any atom is -0.480 e. The number of nitrogens with two attached hydrogens (primary N) is 1. The molecule has 2 amide bonds. The van der Waals surface area contributed by atoms with E-state index in [1.54, 1.807) is 54.7 Å². The first-order valence-corrected chi connectivity index (χ1v) is 14.3. The van der Waals surface area contributed by atoms with Gasteiger partial charge in [-0.3, -0.25) is 29.1 Å². The first-order valence-electron chi connectivity index (χ1n) is 12.5. The van der Waals surface area contributed by atoms with Gasteiger partial charge in [-0.1, -0.05) is 48.5 Å². The number of nitrogens with zero attached hydrogens (tertiary/aromatic N) is 2. The van der Waals surface area contributed by atoms with Gasteiger partial charge < -0.3 is 21.3 Å². The second-order valence-electron chi connectivity index (χ2n) is 9.22. The molecule has 0 unspecified atom stereocenters. The summed E-state index contributed by atoms with van der Waals surface area (Å²) in [5.74, 6) is -5.72. The van der Waals surface area contributed by atoms with Crippen LogP contribution in [0.2, 0.25) is 0 Å². The van der Waals surface area contributed by atoms with Crippen LogP contribution in [0.25, 0.3) is 11.3 Å². The Morgan fingerprint density at radius 1 is 0.927 bits per heavy atom. The number of nitrogens with one attached hydrogen (secondary N) is 1. The molecule has 0 fully saturated rings. The lowest BCUT2D eigenvalue weighted by Crippen LogP contribution is -2.53. The average Bonchev–Trinajstić information content (AvgIpc) is 2.94. The number of carboxylic acids is 2. The molecule has 0 saturated carbocycles. The van der Waals surface area contributed by atoms with Crippen molar-refractivity contribution in [3.05, 3.63) is 84.6 Å². The fourth-order valence-electron chi connectivity index (χ4n) is 3.95. The molecule has 0 bridgehead atoms. The molecule has 13 heteroatoms. The van der Waals surface area contributed by atoms with Gasteiger partial charge in [0, 0.05) is 23.9 Å². The molecule has 0 spiro atoms. The third-order valence-corrected chi connectivity index (χ3v) is 7.60. The van der Waals surface area contributed by atoms with Gasteiger partial charge in [0.25, 0.3) is 5.91 Å². The van der Waals surface area contributed by atoms with Crippen molar-refractivity contribution in [1.29, 1.82) is 0 Å². The molecule has 0 aliphatic rings. The van der Waals surface area contributed by atoms with Crippen molar-refractivity contribution in [2.24, 2.45) is 5.73 Å². The summed E-state index contributed by atoms with van der Waals surface area (Å²) in [6.07, 6.45) is 0.989. The second kappa shape index (κ2) is 14.1. The Bertz CT molecular complexity index is 1470. The van der Waals surface area contributed by atoms with Crippen LogP contribution in [-0.4, -0.2) is 71.7 Å². The van der Waals surface area contributed by atoms with Gasteiger partial charge >= 0.3 is 11.9 Å². The monoisotopic (exact) mass is 582 g/mol. The molecular weight excluding hydrogens is 552 g/mol. The van der Waals surface area contributed by atoms with E-state index in [-0.39, 0.29) is 12.1 Å². The number of aromatic nitrogens is 1. The van der Waals surface area contributed by atoms with Crippen LogP contribution in [0, 0.1) is 0 Å². The van der Waals surface area contributed by atoms with Crippen LogP contribution >= 0.6 is 0 Å². The molecule has 2 atom stereocenters. The van der Waals surface area contributed by atoms with Crippen LogP contribution in [0.1, 0.15) is 18.4 Å². The van der Waals surface area contributed by atoms with Crippen LogP contribution in [0.15, 0.2) is 79.0 Å². The highest BCUT2D eigenvalue weighted by Crippen LogP contribution is 2.19. The molecule has 0 aliphatic heterocycles. The number of benzene rings is 2. The van der Waals surface area contributed by atoms with Crippen LogP contribution in [0.3, 0.4) is 0 Å². The lowest BCUT2D eigenvalue weighted by molar-refractivity contribution is -0.139. The fourth-order valence-corrected chi connectivity index (χ4v) is 5.50. The van der Waals surface area contributed by atoms with Crippen LogP contribution in [-0.2, 0) is 34.8 Å². The van der Waals surface area contributed by atoms with E-state index < -0.39 is 70.1 Å². The average molecular weight is 583 g/mol. The third kappa shape index (κ3) is 9.51. The molecule has 2 aromatic carbocycles. The molecule has 0 saturated heterocycles. The highest BCUT2D eigenvalue weighted by molar-refractivity contribution is 7.90. The SMILES string of the molecule is N[C@@H](CCC(=O)N[C@@H](CS(=O)(=O)Cc1ccc(-c2ccccn2)cc1)C(=O)N(CC(=O)O)c1ccccc1)C(=O)O. The lowest BCUT2D eigenvalue weighted by Gasteiger charge is -2.27. The number of hydrogen-bond acceptors (Lipinski definition) is 8. The van der Waals surface area contributed by atoms with Crippen LogP contribution < -0.4 is 16.0 Å². The first-order chi connectivity index (χ1) is 19.4. The Kier molecular flexibility index (Phi) is 10.7. The number of carbonyl (C=O) groups is 4. The van der Waals surface area contributed by atoms with Gasteiger partial charge in [0.1, 0.15) is 18.6 Å². The van der Waals surface area contributed by atoms with E-state index in [0.29, 0.717) is 11.3 Å². The Hall–Kier alpha value is -4.62. The van der Waals surface area contributed by atoms with Gasteiger partial charge in [-0.05, 0) is 36.2 Å². The fraction of sp³-hybridized carbons (Fsp3) is 0.250. The third-order valence-electron chi connectivity index (χ3n) is 5.98. The largest absolute Gasteiger partial charge is 0.480 e. The summed E-state index contributed by atoms with van der Waals surface area (Å²) in [5.41, 5.74) is 7.55. The highest BCUT2D eigenvalue weighted by atomic mass is 32.2. The smallest absolute Gasteiger partial charge is 0.323 e. The second-order valence-corrected chi connectivity index (χ2v) is 11.3. The Balaban J connectivity index is 1.83. The van der Waals surface area contributed by atoms with Gasteiger partial charge in [-0.25, -0.2) is 8.42 Å². The maximum atomic E-state index is 13.6. The zero-order valence-electron chi connectivity index (χ0n) is 21.9. The molecule has 3 aromatic rings. The highest BCUT2D eigenvalue weighted by Gasteiger charge is 2.32. The molecule has 1 aromatic heterocycles. The van der Waals surface area contributed by atoms with E-state index in [0.717, 1.165) is 10.5 Å². The Morgan fingerprint density at radius 2 is 1.59 bits per heavy atom. The summed E-state index contributed by atoms with van der Waals surface area (Å²) in [7, 11) is -4.03. The summed E-state index contributed by atoms with van der Waals surface area (Å²) in [4.78, 5) is 53.9. The molecular formula is C28H30N4O8S. The van der Waals surface area contributed by atoms with Crippen molar-refractivity contribution >= 4 is 39.3 Å². The summed E-state index contributed by atoms with van der Waals surface area (Å²) in [6, 6.07) is 16.8. The van der Waals surface area contributed by atoms with E-state index in [1.165, 1.54) is 12.1 Å². The van der Waals surface area contributed by atoms with Gasteiger partial charge in [0.05, 0.1) is 17.2 Å². The molecule has 0 radical (unpaired) electrons. The lowest BCUT2D eigenvalue weighted by atomic mass is 10.1. The van der Waals surface area contributed by atoms with E-state index in [9.17, 15) is 32.7 Å². The Morgan fingerprint density at radius 3 is 2.17 bits per heavy atom. The molecule has 12 nitrogen and oxygen atoms in total. The van der Waals surface area contributed by atoms with Gasteiger partial charge in [-0.15, -0.1) is 0 Å². The summed E-state index contributed by atoms with van der Waals surface area (Å²) >= 11 is 0. The minimum absolute atomic E-state index is 0.189. The number of rotatable bonds is 14. The van der Waals surface area contributed by atoms with E-state index in [1.807, 2.05) is 12.1 Å². The maximum Gasteiger partial charge on any atom is 0.323 e. The topological polar surface area (TPSA) is 197 Å². The number of carboxylic acid groups (broad SMARTS) is 2. The van der Waals surface area contributed by atoms with Gasteiger partial charge in [0.15, 0.2) is 9.84 Å². The van der Waals surface area contributed by atoms with Crippen LogP contribution in [0.5, 0.6) is 0 Å². The number of carbonyl (C=O) groups excluding carboxylic acids is 2. The zero-order chi connectivity index (χ0) is 30.0. The number of amides is 2. The number of hydrogen-bond donors (Lipinski definition) is 4. The summed E-state index contributed by atoms with van der Waals surface area (Å²) in [6.45, 7) is -0.784. The van der Waals surface area contributed by atoms with E-state index >= 15 is 0 Å². The van der Waals surface area contributed by atoms with E-state index in [2.05, 4.69) is 10.3 Å². The molecule has 3 rings (SSSR count). The van der Waals surface area contributed by atoms with Crippen molar-refractivity contribution in [2.45, 2.75) is 30.7 Å². The number of para-hydroxylation sites is 1. The zero-order valence-corrected chi connectivity index (χ0v) is 22.7. The normalized spacial score (nSPS) is 12.6. The number of pyridine rings is 1. The first kappa shape index (κ1) is 30.9. The molecule has 5 N–H and O–H groups in total. The van der Waals surface area contributed by atoms with Crippen molar-refractivity contribution in [2.75, 3.05) is 17.2 Å². The van der Waals surface area contributed by atoms with Gasteiger partial charge in [0.2, 0.25) is 5.91 Å². The number of anilines is 1. The van der Waals surface area contributed by atoms with E-state index in [4.69, 9.17) is 10.8 Å². The molecule has 41 heavy (non-hydrogen) atoms. The van der Waals surface area contributed by atoms with Crippen molar-refractivity contribution in [1.82, 2.24) is 10.3 Å². The van der Waals surface area contributed by atoms with Crippen LogP contribution in [0.4, 0.5) is 5.69 Å². The molecule has 1 heterocycles. The van der Waals surface area contributed by atoms with Crippen molar-refractivity contribution in [3.63, 3.8) is 0 Å². The standard InChI is InChI=1S/C28H30N4O8S/c29-22(28(37)38)13-14-25(33)31-24(27(36)32(16-26(34)35)21-6-2-1-3-7-21)18-41(39,40)17-19-9-11-20(12-10-19)23-8-4-5-15-30-23/h1-12,15,22,24H,13-14,16-18,29H2,(H,31,33)(H,34,35)(H,37,38)/t22-,24-/m0/s1. The van der Waals surface area contributed by atoms with Gasteiger partial charge in [-0.2, -0.15) is 0 Å². The molecule has 216 valence electrons. The number of sulfone groups is 1. The predicted molar refractivity (Wildman–Crippen MR) is 150 cm³/mol. The van der Waals surface area contributed by atoms with Crippen molar-refractivity contribution in [3.8, 4) is 11.3 Å². The molecule has 0 aliphatic carbocycles. The minimum atomic E-state index is -4.03. The Labute approximate surface area is 236 Å². The maximum absolute atomic E-state index is 13.6. The quantitative estimate of drug-likeness (QED) is 0.216. The van der Waals surface area contributed by atoms with Crippen molar-refractivity contribution < 1.29 is 37.8 Å². The number of aliphatic carboxylic acids is 2. The summed E-state index contributed by atoms with van der Waals surface area (Å²) < 4.78 is 26.5. The predicted octanol–water partition coefficient (Wildman–Crippen LogP) is 1.46.